The Balaban J connectivity index is 1.66. The van der Waals surface area contributed by atoms with Crippen molar-refractivity contribution in [1.82, 2.24) is 0 Å². The molecule has 0 radical (unpaired) electrons. The molecule has 0 fully saturated rings. The third-order valence-corrected chi connectivity index (χ3v) is 8.83. The molecule has 0 aliphatic carbocycles. The third-order valence-electron chi connectivity index (χ3n) is 6.73. The summed E-state index contributed by atoms with van der Waals surface area (Å²) < 4.78 is 13.0. The Hall–Kier alpha value is -1.60. The van der Waals surface area contributed by atoms with Crippen molar-refractivity contribution in [3.05, 3.63) is 48.0 Å². The molecule has 0 saturated heterocycles. The fourth-order valence-electron chi connectivity index (χ4n) is 4.68. The van der Waals surface area contributed by atoms with Crippen molar-refractivity contribution < 1.29 is 19.7 Å². The Morgan fingerprint density at radius 2 is 1.08 bits per heavy atom. The van der Waals surface area contributed by atoms with Gasteiger partial charge >= 0.3 is 0 Å². The highest BCUT2D eigenvalue weighted by Crippen LogP contribution is 2.43. The molecule has 0 aromatic heterocycles. The van der Waals surface area contributed by atoms with Gasteiger partial charge in [-0.05, 0) is 55.2 Å². The van der Waals surface area contributed by atoms with Gasteiger partial charge in [0.1, 0.15) is 11.5 Å². The zero-order valence-corrected chi connectivity index (χ0v) is 24.7. The standard InChI is InChI=1S/C32H46O4S2/c1-2-26-15-16-29-30(25-26)32(36-20-10-4-6-12-22-38-24-18-34)28-14-8-7-13-27(28)31(29)35-19-9-3-5-11-21-37-23-17-33/h7-8,13-16,25,33-34H,2-6,9-12,17-24H2,1H3. The van der Waals surface area contributed by atoms with E-state index in [2.05, 4.69) is 49.4 Å². The van der Waals surface area contributed by atoms with E-state index in [9.17, 15) is 0 Å². The van der Waals surface area contributed by atoms with E-state index in [4.69, 9.17) is 19.7 Å². The summed E-state index contributed by atoms with van der Waals surface area (Å²) in [4.78, 5) is 0. The van der Waals surface area contributed by atoms with Gasteiger partial charge in [0.05, 0.1) is 26.4 Å². The van der Waals surface area contributed by atoms with Crippen LogP contribution in [-0.4, -0.2) is 59.7 Å². The van der Waals surface area contributed by atoms with Crippen LogP contribution in [0.25, 0.3) is 21.5 Å². The van der Waals surface area contributed by atoms with Crippen LogP contribution in [0.1, 0.15) is 63.9 Å². The summed E-state index contributed by atoms with van der Waals surface area (Å²) in [6, 6.07) is 15.2. The van der Waals surface area contributed by atoms with Crippen LogP contribution >= 0.6 is 23.5 Å². The van der Waals surface area contributed by atoms with Crippen LogP contribution in [0.15, 0.2) is 42.5 Å². The minimum absolute atomic E-state index is 0.274. The molecule has 6 heteroatoms. The van der Waals surface area contributed by atoms with Crippen LogP contribution in [0.3, 0.4) is 0 Å². The van der Waals surface area contributed by atoms with Crippen molar-refractivity contribution in [2.45, 2.75) is 64.7 Å². The maximum atomic E-state index is 8.90. The molecule has 0 spiro atoms. The molecule has 3 aromatic rings. The van der Waals surface area contributed by atoms with Crippen LogP contribution in [0.5, 0.6) is 11.5 Å². The molecule has 0 saturated carbocycles. The molecule has 0 atom stereocenters. The lowest BCUT2D eigenvalue weighted by molar-refractivity contribution is 0.307. The molecule has 4 nitrogen and oxygen atoms in total. The number of fused-ring (bicyclic) bond motifs is 2. The van der Waals surface area contributed by atoms with Crippen molar-refractivity contribution in [2.75, 3.05) is 49.4 Å². The first kappa shape index (κ1) is 30.9. The maximum absolute atomic E-state index is 8.90. The number of aryl methyl sites for hydroxylation is 1. The fraction of sp³-hybridized carbons (Fsp3) is 0.562. The van der Waals surface area contributed by atoms with E-state index in [-0.39, 0.29) is 13.2 Å². The highest BCUT2D eigenvalue weighted by atomic mass is 32.2. The number of thioether (sulfide) groups is 2. The predicted octanol–water partition coefficient (Wildman–Crippen LogP) is 7.88. The number of unbranched alkanes of at least 4 members (excludes halogenated alkanes) is 6. The van der Waals surface area contributed by atoms with Gasteiger partial charge in [-0.2, -0.15) is 23.5 Å². The Bertz CT molecular complexity index is 1070. The first-order chi connectivity index (χ1) is 18.8. The Labute approximate surface area is 237 Å². The molecule has 3 aromatic carbocycles. The normalized spacial score (nSPS) is 11.4. The maximum Gasteiger partial charge on any atom is 0.135 e. The lowest BCUT2D eigenvalue weighted by atomic mass is 9.98. The second-order valence-corrected chi connectivity index (χ2v) is 12.1. The summed E-state index contributed by atoms with van der Waals surface area (Å²) >= 11 is 3.66. The number of ether oxygens (including phenoxy) is 2. The van der Waals surface area contributed by atoms with Gasteiger partial charge in [-0.25, -0.2) is 0 Å². The molecule has 3 rings (SSSR count). The summed E-state index contributed by atoms with van der Waals surface area (Å²) in [5, 5.41) is 22.3. The van der Waals surface area contributed by atoms with Gasteiger partial charge in [0.25, 0.3) is 0 Å². The molecular formula is C32H46O4S2. The van der Waals surface area contributed by atoms with Crippen LogP contribution in [0, 0.1) is 0 Å². The van der Waals surface area contributed by atoms with E-state index >= 15 is 0 Å². The second kappa shape index (κ2) is 18.6. The summed E-state index contributed by atoms with van der Waals surface area (Å²) in [5.74, 6) is 5.90. The number of aliphatic hydroxyl groups excluding tert-OH is 2. The largest absolute Gasteiger partial charge is 0.492 e. The van der Waals surface area contributed by atoms with E-state index in [0.717, 1.165) is 101 Å². The molecule has 0 aliphatic rings. The zero-order valence-electron chi connectivity index (χ0n) is 23.1. The van der Waals surface area contributed by atoms with Crippen LogP contribution in [0.2, 0.25) is 0 Å². The highest BCUT2D eigenvalue weighted by molar-refractivity contribution is 7.99. The lowest BCUT2D eigenvalue weighted by Gasteiger charge is -2.18. The summed E-state index contributed by atoms with van der Waals surface area (Å²) in [6.07, 6.45) is 10.2. The molecular weight excluding hydrogens is 512 g/mol. The number of aliphatic hydroxyl groups is 2. The molecule has 2 N–H and O–H groups in total. The van der Waals surface area contributed by atoms with Crippen LogP contribution in [0.4, 0.5) is 0 Å². The van der Waals surface area contributed by atoms with Crippen LogP contribution < -0.4 is 9.47 Å². The van der Waals surface area contributed by atoms with Crippen LogP contribution in [-0.2, 0) is 6.42 Å². The summed E-state index contributed by atoms with van der Waals surface area (Å²) in [5.41, 5.74) is 1.31. The van der Waals surface area contributed by atoms with Gasteiger partial charge in [-0.15, -0.1) is 0 Å². The fourth-order valence-corrected chi connectivity index (χ4v) is 6.16. The zero-order chi connectivity index (χ0) is 26.8. The van der Waals surface area contributed by atoms with Crippen molar-refractivity contribution in [3.8, 4) is 11.5 Å². The monoisotopic (exact) mass is 558 g/mol. The number of rotatable bonds is 21. The third kappa shape index (κ3) is 9.86. The van der Waals surface area contributed by atoms with E-state index < -0.39 is 0 Å². The summed E-state index contributed by atoms with van der Waals surface area (Å²) in [6.45, 7) is 4.18. The lowest BCUT2D eigenvalue weighted by Crippen LogP contribution is -2.03. The number of hydrogen-bond acceptors (Lipinski definition) is 6. The number of benzene rings is 3. The van der Waals surface area contributed by atoms with Crippen molar-refractivity contribution in [2.24, 2.45) is 0 Å². The van der Waals surface area contributed by atoms with Crippen molar-refractivity contribution in [1.29, 1.82) is 0 Å². The summed E-state index contributed by atoms with van der Waals surface area (Å²) in [7, 11) is 0. The average molecular weight is 559 g/mol. The SMILES string of the molecule is CCc1ccc2c(OCCCCCCSCCO)c3ccccc3c(OCCCCCCSCCO)c2c1. The van der Waals surface area contributed by atoms with Gasteiger partial charge in [0, 0.05) is 33.1 Å². The molecule has 0 amide bonds. The molecule has 0 unspecified atom stereocenters. The van der Waals surface area contributed by atoms with Gasteiger partial charge in [-0.3, -0.25) is 0 Å². The Morgan fingerprint density at radius 3 is 1.61 bits per heavy atom. The van der Waals surface area contributed by atoms with Gasteiger partial charge in [0.2, 0.25) is 0 Å². The Morgan fingerprint density at radius 1 is 0.579 bits per heavy atom. The average Bonchev–Trinajstić information content (AvgIpc) is 2.95. The molecule has 38 heavy (non-hydrogen) atoms. The minimum atomic E-state index is 0.274. The molecule has 0 heterocycles. The minimum Gasteiger partial charge on any atom is -0.492 e. The van der Waals surface area contributed by atoms with Gasteiger partial charge < -0.3 is 19.7 Å². The van der Waals surface area contributed by atoms with E-state index in [0.29, 0.717) is 0 Å². The molecule has 0 bridgehead atoms. The van der Waals surface area contributed by atoms with Crippen molar-refractivity contribution in [3.63, 3.8) is 0 Å². The quantitative estimate of drug-likeness (QED) is 0.102. The first-order valence-electron chi connectivity index (χ1n) is 14.4. The highest BCUT2D eigenvalue weighted by Gasteiger charge is 2.16. The predicted molar refractivity (Wildman–Crippen MR) is 168 cm³/mol. The van der Waals surface area contributed by atoms with Gasteiger partial charge in [-0.1, -0.05) is 69.0 Å². The van der Waals surface area contributed by atoms with Crippen molar-refractivity contribution >= 4 is 45.1 Å². The van der Waals surface area contributed by atoms with E-state index in [1.165, 1.54) is 31.2 Å². The van der Waals surface area contributed by atoms with Gasteiger partial charge in [0.15, 0.2) is 0 Å². The number of hydrogen-bond donors (Lipinski definition) is 2. The first-order valence-corrected chi connectivity index (χ1v) is 16.7. The smallest absolute Gasteiger partial charge is 0.135 e. The van der Waals surface area contributed by atoms with E-state index in [1.807, 2.05) is 23.5 Å². The topological polar surface area (TPSA) is 58.9 Å². The second-order valence-electron chi connectivity index (χ2n) is 9.63. The Kier molecular flexibility index (Phi) is 15.2. The molecule has 0 aliphatic heterocycles. The van der Waals surface area contributed by atoms with E-state index in [1.54, 1.807) is 0 Å². The molecule has 210 valence electrons.